The fourth-order valence-corrected chi connectivity index (χ4v) is 14.5. The van der Waals surface area contributed by atoms with Gasteiger partial charge in [-0.25, -0.2) is 13.2 Å². The standard InChI is InChI=1S/C59H68F3N9O6/c1-4-39-43(60)8-6-36-26-38(72)28-40(47(36)39)49-48(61)50-41(29-63-49)51(70-18-5-12-59(34-70)17-25-77-59)66-54(65-50)76-35-57(13-14-57)32-67-19-15-56(16-20-67)30-58(62,31-56)33-68-21-23-69(24-22-68)37-7-9-44-42(27-37)55(2,3)53(75)71(44)45-10-11-46(73)64-52(45)74/h6-9,26-29,45,72H,4-5,10-25,30-35H2,1-3H3,(H,64,73,74)/t45?,59-/m0/s1. The molecule has 0 radical (unpaired) electrons. The fraction of sp³-hybridized carbons (Fsp3) is 0.559. The molecule has 3 amide bonds. The van der Waals surface area contributed by atoms with Crippen LogP contribution in [0, 0.1) is 22.5 Å². The van der Waals surface area contributed by atoms with Crippen molar-refractivity contribution >= 4 is 56.6 Å². The number of nitrogens with one attached hydrogen (secondary N) is 1. The monoisotopic (exact) mass is 1060 g/mol. The van der Waals surface area contributed by atoms with E-state index in [1.165, 1.54) is 12.1 Å². The molecule has 6 aliphatic heterocycles. The fourth-order valence-electron chi connectivity index (χ4n) is 14.5. The maximum absolute atomic E-state index is 17.3. The van der Waals surface area contributed by atoms with Crippen molar-refractivity contribution in [3.63, 3.8) is 0 Å². The summed E-state index contributed by atoms with van der Waals surface area (Å²) >= 11 is 0. The zero-order valence-electron chi connectivity index (χ0n) is 44.4. The molecule has 3 aromatic carbocycles. The summed E-state index contributed by atoms with van der Waals surface area (Å²) in [7, 11) is 0. The lowest BCUT2D eigenvalue weighted by molar-refractivity contribution is -0.151. The number of aromatic hydroxyl groups is 1. The van der Waals surface area contributed by atoms with E-state index in [1.807, 2.05) is 32.9 Å². The van der Waals surface area contributed by atoms with Crippen molar-refractivity contribution in [2.75, 3.05) is 93.4 Å². The van der Waals surface area contributed by atoms with Crippen molar-refractivity contribution in [2.24, 2.45) is 10.8 Å². The lowest BCUT2D eigenvalue weighted by Gasteiger charge is -2.57. The number of rotatable bonds is 12. The highest BCUT2D eigenvalue weighted by atomic mass is 19.1. The molecule has 2 saturated carbocycles. The van der Waals surface area contributed by atoms with Gasteiger partial charge in [-0.1, -0.05) is 13.0 Å². The lowest BCUT2D eigenvalue weighted by Crippen LogP contribution is -2.60. The Morgan fingerprint density at radius 3 is 2.35 bits per heavy atom. The van der Waals surface area contributed by atoms with Crippen LogP contribution in [0.15, 0.2) is 48.7 Å². The number of carbonyl (C=O) groups excluding carboxylic acids is 3. The number of carbonyl (C=O) groups is 3. The number of nitrogens with zero attached hydrogens (tertiary/aromatic N) is 8. The largest absolute Gasteiger partial charge is 0.508 e. The summed E-state index contributed by atoms with van der Waals surface area (Å²) < 4.78 is 61.8. The first-order chi connectivity index (χ1) is 36.9. The summed E-state index contributed by atoms with van der Waals surface area (Å²) in [5.41, 5.74) is 0.919. The lowest BCUT2D eigenvalue weighted by atomic mass is 9.55. The second-order valence-electron chi connectivity index (χ2n) is 24.6. The van der Waals surface area contributed by atoms with Crippen molar-refractivity contribution in [2.45, 2.75) is 121 Å². The van der Waals surface area contributed by atoms with E-state index < -0.39 is 34.7 Å². The van der Waals surface area contributed by atoms with Crippen molar-refractivity contribution < 1.29 is 42.1 Å². The Balaban J connectivity index is 0.643. The first kappa shape index (κ1) is 50.4. The van der Waals surface area contributed by atoms with Gasteiger partial charge in [0.15, 0.2) is 5.82 Å². The number of aryl methyl sites for hydroxylation is 1. The molecule has 2 atom stereocenters. The van der Waals surface area contributed by atoms with Crippen LogP contribution < -0.4 is 24.8 Å². The number of piperidine rings is 3. The van der Waals surface area contributed by atoms with E-state index >= 15 is 13.2 Å². The van der Waals surface area contributed by atoms with Crippen molar-refractivity contribution in [3.05, 3.63) is 71.4 Å². The van der Waals surface area contributed by atoms with Crippen LogP contribution in [0.3, 0.4) is 0 Å². The number of pyridine rings is 1. The number of aromatic nitrogens is 3. The van der Waals surface area contributed by atoms with Gasteiger partial charge < -0.3 is 29.3 Å². The van der Waals surface area contributed by atoms with E-state index in [9.17, 15) is 19.5 Å². The number of hydrogen-bond donors (Lipinski definition) is 2. The molecule has 0 bridgehead atoms. The predicted molar refractivity (Wildman–Crippen MR) is 286 cm³/mol. The molecule has 13 rings (SSSR count). The molecule has 7 fully saturated rings. The van der Waals surface area contributed by atoms with Gasteiger partial charge in [-0.3, -0.25) is 34.5 Å². The van der Waals surface area contributed by atoms with Gasteiger partial charge in [0.05, 0.1) is 29.6 Å². The highest BCUT2D eigenvalue weighted by Crippen LogP contribution is 2.58. The Kier molecular flexibility index (Phi) is 12.1. The van der Waals surface area contributed by atoms with Crippen LogP contribution in [-0.2, 0) is 31.0 Å². The summed E-state index contributed by atoms with van der Waals surface area (Å²) in [6, 6.07) is 11.3. The second-order valence-corrected chi connectivity index (χ2v) is 24.6. The first-order valence-electron chi connectivity index (χ1n) is 28.0. The number of imide groups is 1. The van der Waals surface area contributed by atoms with Crippen molar-refractivity contribution in [1.29, 1.82) is 0 Å². The van der Waals surface area contributed by atoms with Crippen LogP contribution in [0.25, 0.3) is 32.9 Å². The topological polar surface area (TPSA) is 157 Å². The first-order valence-corrected chi connectivity index (χ1v) is 28.0. The van der Waals surface area contributed by atoms with Crippen molar-refractivity contribution in [1.82, 2.24) is 30.1 Å². The number of likely N-dealkylation sites (tertiary alicyclic amines) is 1. The van der Waals surface area contributed by atoms with Crippen LogP contribution in [0.5, 0.6) is 11.8 Å². The maximum Gasteiger partial charge on any atom is 0.319 e. The number of amides is 3. The molecule has 77 heavy (non-hydrogen) atoms. The Morgan fingerprint density at radius 1 is 0.870 bits per heavy atom. The number of hydrogen-bond acceptors (Lipinski definition) is 13. The minimum absolute atomic E-state index is 0.0123. The molecule has 5 aromatic rings. The number of halogens is 3. The highest BCUT2D eigenvalue weighted by Gasteiger charge is 2.57. The van der Waals surface area contributed by atoms with E-state index in [0.717, 1.165) is 108 Å². The average Bonchev–Trinajstić information content (AvgIpc) is 4.28. The zero-order valence-corrected chi connectivity index (χ0v) is 44.4. The quantitative estimate of drug-likeness (QED) is 0.116. The van der Waals surface area contributed by atoms with Gasteiger partial charge in [0.25, 0.3) is 0 Å². The van der Waals surface area contributed by atoms with Gasteiger partial charge in [0.2, 0.25) is 17.7 Å². The molecule has 2 spiro atoms. The average molecular weight is 1060 g/mol. The number of ether oxygens (including phenoxy) is 2. The molecular weight excluding hydrogens is 988 g/mol. The second kappa shape index (κ2) is 18.5. The Morgan fingerprint density at radius 2 is 1.64 bits per heavy atom. The summed E-state index contributed by atoms with van der Waals surface area (Å²) in [5.74, 6) is -1.53. The van der Waals surface area contributed by atoms with E-state index in [1.54, 1.807) is 23.2 Å². The third-order valence-electron chi connectivity index (χ3n) is 19.0. The van der Waals surface area contributed by atoms with Crippen LogP contribution in [-0.4, -0.2) is 144 Å². The Bertz CT molecular complexity index is 3230. The number of alkyl halides is 1. The van der Waals surface area contributed by atoms with Gasteiger partial charge in [-0.05, 0) is 155 Å². The third kappa shape index (κ3) is 8.84. The Hall–Kier alpha value is -6.11. The van der Waals surface area contributed by atoms with Crippen molar-refractivity contribution in [3.8, 4) is 23.0 Å². The minimum atomic E-state index is -1.21. The van der Waals surface area contributed by atoms with Gasteiger partial charge in [0, 0.05) is 93.7 Å². The maximum atomic E-state index is 17.3. The minimum Gasteiger partial charge on any atom is -0.508 e. The molecule has 406 valence electrons. The molecule has 2 aliphatic carbocycles. The molecule has 18 heteroatoms. The van der Waals surface area contributed by atoms with Gasteiger partial charge in [-0.15, -0.1) is 0 Å². The smallest absolute Gasteiger partial charge is 0.319 e. The highest BCUT2D eigenvalue weighted by molar-refractivity contribution is 6.14. The molecule has 5 saturated heterocycles. The van der Waals surface area contributed by atoms with Gasteiger partial charge in [-0.2, -0.15) is 9.97 Å². The predicted octanol–water partition coefficient (Wildman–Crippen LogP) is 8.15. The number of fused-ring (bicyclic) bond motifs is 3. The molecule has 2 aromatic heterocycles. The van der Waals surface area contributed by atoms with Crippen LogP contribution >= 0.6 is 0 Å². The van der Waals surface area contributed by atoms with Gasteiger partial charge >= 0.3 is 6.01 Å². The summed E-state index contributed by atoms with van der Waals surface area (Å²) in [5, 5.41) is 14.7. The van der Waals surface area contributed by atoms with Crippen LogP contribution in [0.1, 0.15) is 103 Å². The summed E-state index contributed by atoms with van der Waals surface area (Å²) in [6.07, 6.45) is 10.3. The number of phenolic OH excluding ortho intramolecular Hbond substituents is 1. The van der Waals surface area contributed by atoms with Crippen LogP contribution in [0.2, 0.25) is 0 Å². The Labute approximate surface area is 446 Å². The summed E-state index contributed by atoms with van der Waals surface area (Å²) in [6.45, 7) is 14.1. The van der Waals surface area contributed by atoms with E-state index in [0.29, 0.717) is 86.1 Å². The molecule has 1 unspecified atom stereocenters. The molecular formula is C59H68F3N9O6. The number of phenols is 1. The SMILES string of the molecule is CCc1c(F)ccc2cc(O)cc(-c3ncc4c(N5CCC[C@]6(CCO6)C5)nc(OCC5(CN6CCC7(CC6)CC(F)(CN6CCN(c8ccc9c(c8)C(C)(C)C(=O)N9C8CCC(=O)NC8=O)CC6)C7)CC5)nc4c3F)c12. The van der Waals surface area contributed by atoms with E-state index in [-0.39, 0.29) is 63.2 Å². The zero-order chi connectivity index (χ0) is 53.2. The van der Waals surface area contributed by atoms with Crippen LogP contribution in [0.4, 0.5) is 30.4 Å². The van der Waals surface area contributed by atoms with Gasteiger partial charge in [0.1, 0.15) is 40.3 Å². The molecule has 15 nitrogen and oxygen atoms in total. The summed E-state index contributed by atoms with van der Waals surface area (Å²) in [4.78, 5) is 63.5. The number of piperazine rings is 1. The normalized spacial score (nSPS) is 25.6. The number of benzene rings is 3. The number of anilines is 3. The molecule has 2 N–H and O–H groups in total. The third-order valence-corrected chi connectivity index (χ3v) is 19.0. The van der Waals surface area contributed by atoms with E-state index in [4.69, 9.17) is 19.4 Å². The molecule has 8 aliphatic rings. The molecule has 8 heterocycles. The van der Waals surface area contributed by atoms with E-state index in [2.05, 4.69) is 36.0 Å².